The second kappa shape index (κ2) is 5.45. The van der Waals surface area contributed by atoms with Gasteiger partial charge in [-0.25, -0.2) is 0 Å². The molecular formula is C16H15BNO2+. The van der Waals surface area contributed by atoms with Gasteiger partial charge in [-0.2, -0.15) is 4.57 Å². The molecule has 0 aliphatic carbocycles. The Morgan fingerprint density at radius 1 is 0.850 bits per heavy atom. The zero-order valence-electron chi connectivity index (χ0n) is 11.0. The summed E-state index contributed by atoms with van der Waals surface area (Å²) in [5, 5.41) is 20.0. The maximum absolute atomic E-state index is 9.44. The molecule has 0 saturated heterocycles. The summed E-state index contributed by atoms with van der Waals surface area (Å²) >= 11 is 0. The summed E-state index contributed by atoms with van der Waals surface area (Å²) in [5.74, 6) is 0. The van der Waals surface area contributed by atoms with Crippen molar-refractivity contribution in [2.45, 2.75) is 6.54 Å². The number of pyridine rings is 1. The zero-order valence-corrected chi connectivity index (χ0v) is 11.0. The molecule has 0 bridgehead atoms. The number of rotatable bonds is 3. The van der Waals surface area contributed by atoms with Gasteiger partial charge >= 0.3 is 7.12 Å². The van der Waals surface area contributed by atoms with Crippen molar-refractivity contribution in [2.24, 2.45) is 0 Å². The van der Waals surface area contributed by atoms with Crippen LogP contribution < -0.4 is 10.0 Å². The van der Waals surface area contributed by atoms with E-state index in [-0.39, 0.29) is 0 Å². The van der Waals surface area contributed by atoms with Crippen molar-refractivity contribution in [1.82, 2.24) is 0 Å². The molecule has 0 fully saturated rings. The highest BCUT2D eigenvalue weighted by molar-refractivity contribution is 6.59. The third-order valence-electron chi connectivity index (χ3n) is 3.46. The predicted molar refractivity (Wildman–Crippen MR) is 79.5 cm³/mol. The van der Waals surface area contributed by atoms with Gasteiger partial charge in [0.1, 0.15) is 0 Å². The summed E-state index contributed by atoms with van der Waals surface area (Å²) in [6.07, 6.45) is 2.00. The first kappa shape index (κ1) is 12.8. The topological polar surface area (TPSA) is 44.3 Å². The molecule has 0 radical (unpaired) electrons. The fourth-order valence-electron chi connectivity index (χ4n) is 2.47. The quantitative estimate of drug-likeness (QED) is 0.544. The highest BCUT2D eigenvalue weighted by Gasteiger charge is 2.18. The molecule has 0 spiro atoms. The lowest BCUT2D eigenvalue weighted by molar-refractivity contribution is -0.662. The van der Waals surface area contributed by atoms with Crippen LogP contribution in [0.3, 0.4) is 0 Å². The number of hydrogen-bond donors (Lipinski definition) is 2. The Labute approximate surface area is 117 Å². The third kappa shape index (κ3) is 2.43. The molecule has 0 amide bonds. The summed E-state index contributed by atoms with van der Waals surface area (Å²) in [4.78, 5) is 0. The summed E-state index contributed by atoms with van der Waals surface area (Å²) < 4.78 is 2.11. The standard InChI is InChI=1S/C16H15BNO2/c19-17(20)15-9-3-1-7-14(15)12-18-11-5-8-13-6-2-4-10-16(13)18/h1-11,19-20H,12H2/q+1. The van der Waals surface area contributed by atoms with Gasteiger partial charge in [-0.3, -0.25) is 0 Å². The minimum Gasteiger partial charge on any atom is -0.423 e. The van der Waals surface area contributed by atoms with E-state index in [4.69, 9.17) is 0 Å². The predicted octanol–water partition coefficient (Wildman–Crippen LogP) is 0.855. The first-order chi connectivity index (χ1) is 9.75. The van der Waals surface area contributed by atoms with Crippen LogP contribution in [0.2, 0.25) is 0 Å². The highest BCUT2D eigenvalue weighted by atomic mass is 16.4. The van der Waals surface area contributed by atoms with Crippen LogP contribution in [0.25, 0.3) is 10.9 Å². The maximum atomic E-state index is 9.44. The van der Waals surface area contributed by atoms with Crippen LogP contribution in [-0.2, 0) is 6.54 Å². The van der Waals surface area contributed by atoms with E-state index in [1.54, 1.807) is 6.07 Å². The average Bonchev–Trinajstić information content (AvgIpc) is 2.48. The van der Waals surface area contributed by atoms with Crippen molar-refractivity contribution in [3.63, 3.8) is 0 Å². The average molecular weight is 264 g/mol. The lowest BCUT2D eigenvalue weighted by atomic mass is 9.77. The smallest absolute Gasteiger partial charge is 0.423 e. The van der Waals surface area contributed by atoms with E-state index >= 15 is 0 Å². The van der Waals surface area contributed by atoms with Crippen molar-refractivity contribution in [3.05, 3.63) is 72.4 Å². The summed E-state index contributed by atoms with van der Waals surface area (Å²) in [6.45, 7) is 0.606. The van der Waals surface area contributed by atoms with Crippen LogP contribution >= 0.6 is 0 Å². The molecule has 0 aliphatic heterocycles. The summed E-state index contributed by atoms with van der Waals surface area (Å²) in [7, 11) is -1.44. The van der Waals surface area contributed by atoms with Crippen molar-refractivity contribution in [1.29, 1.82) is 0 Å². The molecule has 3 rings (SSSR count). The van der Waals surface area contributed by atoms with Crippen molar-refractivity contribution in [2.75, 3.05) is 0 Å². The molecule has 0 unspecified atom stereocenters. The third-order valence-corrected chi connectivity index (χ3v) is 3.46. The number of fused-ring (bicyclic) bond motifs is 1. The molecule has 4 heteroatoms. The second-order valence-electron chi connectivity index (χ2n) is 4.77. The van der Waals surface area contributed by atoms with Crippen LogP contribution in [-0.4, -0.2) is 17.2 Å². The van der Waals surface area contributed by atoms with Gasteiger partial charge in [0.25, 0.3) is 0 Å². The fraction of sp³-hybridized carbons (Fsp3) is 0.0625. The molecule has 98 valence electrons. The highest BCUT2D eigenvalue weighted by Crippen LogP contribution is 2.08. The van der Waals surface area contributed by atoms with Crippen LogP contribution in [0.5, 0.6) is 0 Å². The molecule has 1 aromatic heterocycles. The Hall–Kier alpha value is -2.17. The van der Waals surface area contributed by atoms with Crippen molar-refractivity contribution >= 4 is 23.5 Å². The first-order valence-corrected chi connectivity index (χ1v) is 6.57. The molecule has 3 aromatic rings. The van der Waals surface area contributed by atoms with E-state index in [1.165, 1.54) is 0 Å². The largest absolute Gasteiger partial charge is 0.488 e. The Bertz CT molecular complexity index is 738. The summed E-state index contributed by atoms with van der Waals surface area (Å²) in [5.41, 5.74) is 2.58. The fourth-order valence-corrected chi connectivity index (χ4v) is 2.47. The minimum absolute atomic E-state index is 0.549. The number of benzene rings is 2. The van der Waals surface area contributed by atoms with Gasteiger partial charge in [0.15, 0.2) is 12.7 Å². The van der Waals surface area contributed by atoms with E-state index in [9.17, 15) is 10.0 Å². The van der Waals surface area contributed by atoms with E-state index < -0.39 is 7.12 Å². The Morgan fingerprint density at radius 2 is 1.55 bits per heavy atom. The van der Waals surface area contributed by atoms with Gasteiger partial charge in [0, 0.05) is 23.1 Å². The van der Waals surface area contributed by atoms with Gasteiger partial charge in [-0.1, -0.05) is 36.4 Å². The molecule has 3 nitrogen and oxygen atoms in total. The lowest BCUT2D eigenvalue weighted by Crippen LogP contribution is -2.40. The minimum atomic E-state index is -1.44. The second-order valence-corrected chi connectivity index (χ2v) is 4.77. The SMILES string of the molecule is OB(O)c1ccccc1C[n+]1cccc2ccccc21. The number of aromatic nitrogens is 1. The Balaban J connectivity index is 2.06. The Kier molecular flexibility index (Phi) is 3.50. The first-order valence-electron chi connectivity index (χ1n) is 6.57. The van der Waals surface area contributed by atoms with Gasteiger partial charge in [-0.05, 0) is 17.6 Å². The number of nitrogens with zero attached hydrogens (tertiary/aromatic N) is 1. The zero-order chi connectivity index (χ0) is 13.9. The molecule has 0 atom stereocenters. The molecule has 2 aromatic carbocycles. The van der Waals surface area contributed by atoms with Crippen molar-refractivity contribution < 1.29 is 14.6 Å². The molecule has 0 saturated carbocycles. The van der Waals surface area contributed by atoms with Crippen LogP contribution in [0.1, 0.15) is 5.56 Å². The van der Waals surface area contributed by atoms with Gasteiger partial charge in [0.05, 0.1) is 0 Å². The lowest BCUT2D eigenvalue weighted by Gasteiger charge is -2.07. The van der Waals surface area contributed by atoms with Crippen LogP contribution in [0.15, 0.2) is 66.9 Å². The van der Waals surface area contributed by atoms with Crippen LogP contribution in [0.4, 0.5) is 0 Å². The van der Waals surface area contributed by atoms with Gasteiger partial charge < -0.3 is 10.0 Å². The maximum Gasteiger partial charge on any atom is 0.488 e. The molecule has 1 heterocycles. The van der Waals surface area contributed by atoms with Gasteiger partial charge in [0.2, 0.25) is 5.52 Å². The van der Waals surface area contributed by atoms with Crippen molar-refractivity contribution in [3.8, 4) is 0 Å². The molecule has 2 N–H and O–H groups in total. The van der Waals surface area contributed by atoms with E-state index in [1.807, 2.05) is 42.6 Å². The van der Waals surface area contributed by atoms with Crippen LogP contribution in [0, 0.1) is 0 Å². The van der Waals surface area contributed by atoms with Gasteiger partial charge in [-0.15, -0.1) is 0 Å². The Morgan fingerprint density at radius 3 is 2.40 bits per heavy atom. The van der Waals surface area contributed by atoms with E-state index in [0.29, 0.717) is 12.0 Å². The molecule has 0 aliphatic rings. The number of hydrogen-bond acceptors (Lipinski definition) is 2. The monoisotopic (exact) mass is 264 g/mol. The molecule has 20 heavy (non-hydrogen) atoms. The normalized spacial score (nSPS) is 10.7. The van der Waals surface area contributed by atoms with E-state index in [0.717, 1.165) is 16.5 Å². The molecular weight excluding hydrogens is 249 g/mol. The summed E-state index contributed by atoms with van der Waals surface area (Å²) in [6, 6.07) is 19.6. The van der Waals surface area contributed by atoms with E-state index in [2.05, 4.69) is 22.8 Å². The number of para-hydroxylation sites is 1.